The Balaban J connectivity index is 1.25. The summed E-state index contributed by atoms with van der Waals surface area (Å²) >= 11 is 0. The quantitative estimate of drug-likeness (QED) is 0.427. The van der Waals surface area contributed by atoms with Gasteiger partial charge in [-0.1, -0.05) is 24.3 Å². The minimum absolute atomic E-state index is 0.220. The predicted octanol–water partition coefficient (Wildman–Crippen LogP) is 3.62. The van der Waals surface area contributed by atoms with E-state index in [2.05, 4.69) is 15.6 Å². The standard InChI is InChI=1S/C26H21N3O5/c1-14(34-26(33)15-6-11-22(27-13-15)28-16-7-8-16)25(32)29-17-9-10-20-21(12-17)24(31)19-5-3-2-4-18(19)23(20)30/h2-6,9-14,16H,7-8H2,1H3,(H,27,28)(H,29,32). The van der Waals surface area contributed by atoms with Crippen LogP contribution < -0.4 is 10.6 Å². The molecule has 8 nitrogen and oxygen atoms in total. The van der Waals surface area contributed by atoms with Crippen molar-refractivity contribution in [3.8, 4) is 0 Å². The van der Waals surface area contributed by atoms with Gasteiger partial charge in [-0.2, -0.15) is 0 Å². The van der Waals surface area contributed by atoms with Crippen LogP contribution in [-0.2, 0) is 9.53 Å². The molecular weight excluding hydrogens is 434 g/mol. The number of anilines is 2. The zero-order valence-electron chi connectivity index (χ0n) is 18.3. The lowest BCUT2D eigenvalue weighted by molar-refractivity contribution is -0.123. The number of hydrogen-bond donors (Lipinski definition) is 2. The van der Waals surface area contributed by atoms with Crippen LogP contribution in [0.5, 0.6) is 0 Å². The monoisotopic (exact) mass is 455 g/mol. The van der Waals surface area contributed by atoms with E-state index in [1.54, 1.807) is 42.5 Å². The van der Waals surface area contributed by atoms with Crippen LogP contribution in [0.4, 0.5) is 11.5 Å². The number of carbonyl (C=O) groups is 4. The molecule has 0 radical (unpaired) electrons. The van der Waals surface area contributed by atoms with E-state index >= 15 is 0 Å². The molecular formula is C26H21N3O5. The number of rotatable bonds is 6. The summed E-state index contributed by atoms with van der Waals surface area (Å²) in [5.41, 5.74) is 1.76. The van der Waals surface area contributed by atoms with E-state index in [0.29, 0.717) is 28.7 Å². The molecule has 34 heavy (non-hydrogen) atoms. The number of hydrogen-bond acceptors (Lipinski definition) is 7. The van der Waals surface area contributed by atoms with Crippen LogP contribution in [0.2, 0.25) is 0 Å². The number of nitrogens with zero attached hydrogens (tertiary/aromatic N) is 1. The number of fused-ring (bicyclic) bond motifs is 2. The summed E-state index contributed by atoms with van der Waals surface area (Å²) in [5, 5.41) is 5.87. The third kappa shape index (κ3) is 4.17. The highest BCUT2D eigenvalue weighted by Crippen LogP contribution is 2.29. The van der Waals surface area contributed by atoms with E-state index in [0.717, 1.165) is 12.8 Å². The largest absolute Gasteiger partial charge is 0.449 e. The Kier molecular flexibility index (Phi) is 5.41. The van der Waals surface area contributed by atoms with E-state index in [1.165, 1.54) is 25.3 Å². The molecule has 0 bridgehead atoms. The highest BCUT2D eigenvalue weighted by molar-refractivity contribution is 6.28. The van der Waals surface area contributed by atoms with Crippen molar-refractivity contribution in [3.63, 3.8) is 0 Å². The molecule has 2 aliphatic rings. The van der Waals surface area contributed by atoms with Gasteiger partial charge in [-0.3, -0.25) is 14.4 Å². The van der Waals surface area contributed by atoms with Crippen molar-refractivity contribution in [2.24, 2.45) is 0 Å². The number of ether oxygens (including phenoxy) is 1. The fourth-order valence-corrected chi connectivity index (χ4v) is 3.74. The second-order valence-electron chi connectivity index (χ2n) is 8.35. The minimum atomic E-state index is -1.09. The normalized spacial score (nSPS) is 15.1. The summed E-state index contributed by atoms with van der Waals surface area (Å²) in [7, 11) is 0. The van der Waals surface area contributed by atoms with Gasteiger partial charge in [0, 0.05) is 40.2 Å². The van der Waals surface area contributed by atoms with E-state index in [9.17, 15) is 19.2 Å². The summed E-state index contributed by atoms with van der Waals surface area (Å²) in [6.45, 7) is 1.45. The SMILES string of the molecule is CC(OC(=O)c1ccc(NC2CC2)nc1)C(=O)Nc1ccc2c(c1)C(=O)c1ccccc1C2=O. The Morgan fingerprint density at radius 3 is 2.26 bits per heavy atom. The molecule has 2 aliphatic carbocycles. The average molecular weight is 455 g/mol. The van der Waals surface area contributed by atoms with Crippen molar-refractivity contribution in [1.82, 2.24) is 4.98 Å². The lowest BCUT2D eigenvalue weighted by Gasteiger charge is -2.19. The Hall–Kier alpha value is -4.33. The number of ketones is 2. The Labute approximate surface area is 195 Å². The number of aromatic nitrogens is 1. The first kappa shape index (κ1) is 21.5. The summed E-state index contributed by atoms with van der Waals surface area (Å²) < 4.78 is 5.27. The van der Waals surface area contributed by atoms with Crippen LogP contribution in [0.1, 0.15) is 62.0 Å². The molecule has 8 heteroatoms. The Morgan fingerprint density at radius 1 is 0.941 bits per heavy atom. The van der Waals surface area contributed by atoms with Gasteiger partial charge in [-0.25, -0.2) is 9.78 Å². The third-order valence-electron chi connectivity index (χ3n) is 5.77. The lowest BCUT2D eigenvalue weighted by atomic mass is 9.84. The van der Waals surface area contributed by atoms with Gasteiger partial charge in [0.2, 0.25) is 0 Å². The summed E-state index contributed by atoms with van der Waals surface area (Å²) in [5.74, 6) is -1.07. The zero-order valence-corrected chi connectivity index (χ0v) is 18.3. The van der Waals surface area contributed by atoms with E-state index in [-0.39, 0.29) is 28.3 Å². The van der Waals surface area contributed by atoms with Crippen LogP contribution >= 0.6 is 0 Å². The number of benzene rings is 2. The van der Waals surface area contributed by atoms with E-state index in [1.807, 2.05) is 0 Å². The van der Waals surface area contributed by atoms with Gasteiger partial charge >= 0.3 is 5.97 Å². The number of carbonyl (C=O) groups excluding carboxylic acids is 4. The highest BCUT2D eigenvalue weighted by Gasteiger charge is 2.30. The predicted molar refractivity (Wildman–Crippen MR) is 124 cm³/mol. The molecule has 1 aromatic heterocycles. The van der Waals surface area contributed by atoms with Crippen LogP contribution in [0.15, 0.2) is 60.8 Å². The van der Waals surface area contributed by atoms with Crippen molar-refractivity contribution < 1.29 is 23.9 Å². The van der Waals surface area contributed by atoms with Gasteiger partial charge in [0.25, 0.3) is 5.91 Å². The van der Waals surface area contributed by atoms with Crippen molar-refractivity contribution >= 4 is 34.9 Å². The van der Waals surface area contributed by atoms with Gasteiger partial charge in [0.1, 0.15) is 5.82 Å². The maximum Gasteiger partial charge on any atom is 0.340 e. The van der Waals surface area contributed by atoms with Gasteiger partial charge in [0.05, 0.1) is 5.56 Å². The first-order valence-corrected chi connectivity index (χ1v) is 11.0. The fraction of sp³-hybridized carbons (Fsp3) is 0.192. The maximum absolute atomic E-state index is 12.9. The average Bonchev–Trinajstić information content (AvgIpc) is 3.67. The Morgan fingerprint density at radius 2 is 1.62 bits per heavy atom. The molecule has 1 saturated carbocycles. The molecule has 1 unspecified atom stereocenters. The van der Waals surface area contributed by atoms with E-state index < -0.39 is 18.0 Å². The molecule has 170 valence electrons. The lowest BCUT2D eigenvalue weighted by Crippen LogP contribution is -2.30. The number of pyridine rings is 1. The number of amides is 1. The molecule has 0 spiro atoms. The van der Waals surface area contributed by atoms with Crippen LogP contribution in [0, 0.1) is 0 Å². The summed E-state index contributed by atoms with van der Waals surface area (Å²) in [4.78, 5) is 54.8. The van der Waals surface area contributed by atoms with Crippen molar-refractivity contribution in [1.29, 1.82) is 0 Å². The van der Waals surface area contributed by atoms with Crippen molar-refractivity contribution in [2.75, 3.05) is 10.6 Å². The molecule has 1 atom stereocenters. The maximum atomic E-state index is 12.9. The first-order valence-electron chi connectivity index (χ1n) is 11.0. The molecule has 5 rings (SSSR count). The second-order valence-corrected chi connectivity index (χ2v) is 8.35. The summed E-state index contributed by atoms with van der Waals surface area (Å²) in [6.07, 6.45) is 2.53. The molecule has 2 N–H and O–H groups in total. The van der Waals surface area contributed by atoms with Gasteiger partial charge < -0.3 is 15.4 Å². The molecule has 1 fully saturated rings. The topological polar surface area (TPSA) is 114 Å². The van der Waals surface area contributed by atoms with Crippen molar-refractivity contribution in [2.45, 2.75) is 31.9 Å². The zero-order chi connectivity index (χ0) is 23.8. The number of esters is 1. The minimum Gasteiger partial charge on any atom is -0.449 e. The highest BCUT2D eigenvalue weighted by atomic mass is 16.5. The molecule has 0 saturated heterocycles. The first-order chi connectivity index (χ1) is 16.4. The van der Waals surface area contributed by atoms with Crippen molar-refractivity contribution in [3.05, 3.63) is 88.6 Å². The Bertz CT molecular complexity index is 1330. The van der Waals surface area contributed by atoms with Gasteiger partial charge in [0.15, 0.2) is 17.7 Å². The molecule has 0 aliphatic heterocycles. The van der Waals surface area contributed by atoms with Gasteiger partial charge in [-0.15, -0.1) is 0 Å². The third-order valence-corrected chi connectivity index (χ3v) is 5.77. The van der Waals surface area contributed by atoms with Crippen LogP contribution in [-0.4, -0.2) is 40.6 Å². The molecule has 2 aromatic carbocycles. The molecule has 1 amide bonds. The van der Waals surface area contributed by atoms with Crippen LogP contribution in [0.25, 0.3) is 0 Å². The molecule has 3 aromatic rings. The van der Waals surface area contributed by atoms with Gasteiger partial charge in [-0.05, 0) is 50.1 Å². The molecule has 1 heterocycles. The fourth-order valence-electron chi connectivity index (χ4n) is 3.74. The number of nitrogens with one attached hydrogen (secondary N) is 2. The summed E-state index contributed by atoms with van der Waals surface area (Å²) in [6, 6.07) is 14.9. The second kappa shape index (κ2) is 8.55. The smallest absolute Gasteiger partial charge is 0.340 e. The van der Waals surface area contributed by atoms with Crippen LogP contribution in [0.3, 0.4) is 0 Å². The van der Waals surface area contributed by atoms with E-state index in [4.69, 9.17) is 4.74 Å².